The van der Waals surface area contributed by atoms with Crippen molar-refractivity contribution >= 4 is 23.2 Å². The van der Waals surface area contributed by atoms with Crippen molar-refractivity contribution < 1.29 is 0 Å². The van der Waals surface area contributed by atoms with Crippen LogP contribution < -0.4 is 5.32 Å². The molecule has 8 heavy (non-hydrogen) atoms. The summed E-state index contributed by atoms with van der Waals surface area (Å²) < 4.78 is 0. The first-order chi connectivity index (χ1) is 3.70. The van der Waals surface area contributed by atoms with Crippen molar-refractivity contribution in [2.75, 3.05) is 0 Å². The molecular formula is C5H7Cl2N. The molecule has 0 spiro atoms. The van der Waals surface area contributed by atoms with Crippen LogP contribution in [0.15, 0.2) is 10.2 Å². The summed E-state index contributed by atoms with van der Waals surface area (Å²) in [6, 6.07) is 0.412. The molecule has 0 aromatic carbocycles. The SMILES string of the molecule is CC1CC(Cl)=C(Cl)N1. The van der Waals surface area contributed by atoms with E-state index in [-0.39, 0.29) is 0 Å². The van der Waals surface area contributed by atoms with Crippen LogP contribution in [0.1, 0.15) is 13.3 Å². The minimum absolute atomic E-state index is 0.412. The van der Waals surface area contributed by atoms with E-state index in [0.29, 0.717) is 11.2 Å². The van der Waals surface area contributed by atoms with E-state index in [1.807, 2.05) is 6.92 Å². The molecule has 0 aromatic heterocycles. The molecule has 0 fully saturated rings. The summed E-state index contributed by atoms with van der Waals surface area (Å²) >= 11 is 11.2. The normalized spacial score (nSPS) is 28.6. The van der Waals surface area contributed by atoms with Gasteiger partial charge in [-0.1, -0.05) is 23.2 Å². The first-order valence-corrected chi connectivity index (χ1v) is 3.26. The number of nitrogens with one attached hydrogen (secondary N) is 1. The minimum atomic E-state index is 0.412. The molecule has 1 heterocycles. The van der Waals surface area contributed by atoms with Gasteiger partial charge in [0.05, 0.1) is 5.03 Å². The maximum Gasteiger partial charge on any atom is 0.117 e. The van der Waals surface area contributed by atoms with Crippen molar-refractivity contribution in [2.45, 2.75) is 19.4 Å². The molecule has 1 aliphatic heterocycles. The molecule has 0 radical (unpaired) electrons. The molecule has 1 atom stereocenters. The van der Waals surface area contributed by atoms with Gasteiger partial charge in [-0.2, -0.15) is 0 Å². The zero-order valence-corrected chi connectivity index (χ0v) is 6.05. The molecule has 1 rings (SSSR count). The Morgan fingerprint density at radius 3 is 2.38 bits per heavy atom. The summed E-state index contributed by atoms with van der Waals surface area (Å²) in [6.07, 6.45) is 0.861. The predicted molar refractivity (Wildman–Crippen MR) is 35.9 cm³/mol. The average Bonchev–Trinajstić information content (AvgIpc) is 1.85. The van der Waals surface area contributed by atoms with E-state index in [2.05, 4.69) is 5.32 Å². The third-order valence-electron chi connectivity index (χ3n) is 1.10. The van der Waals surface area contributed by atoms with Crippen molar-refractivity contribution in [3.05, 3.63) is 10.2 Å². The number of halogens is 2. The van der Waals surface area contributed by atoms with Crippen LogP contribution in [0.25, 0.3) is 0 Å². The second-order valence-electron chi connectivity index (χ2n) is 1.97. The van der Waals surface area contributed by atoms with E-state index < -0.39 is 0 Å². The van der Waals surface area contributed by atoms with Gasteiger partial charge in [0.1, 0.15) is 5.16 Å². The Morgan fingerprint density at radius 1 is 1.62 bits per heavy atom. The Balaban J connectivity index is 2.60. The van der Waals surface area contributed by atoms with Crippen molar-refractivity contribution in [3.63, 3.8) is 0 Å². The van der Waals surface area contributed by atoms with Gasteiger partial charge in [0, 0.05) is 12.5 Å². The van der Waals surface area contributed by atoms with Gasteiger partial charge in [-0.3, -0.25) is 0 Å². The van der Waals surface area contributed by atoms with E-state index in [4.69, 9.17) is 23.2 Å². The third kappa shape index (κ3) is 1.09. The fraction of sp³-hybridized carbons (Fsp3) is 0.600. The second-order valence-corrected chi connectivity index (χ2v) is 2.80. The number of hydrogen-bond acceptors (Lipinski definition) is 1. The highest BCUT2D eigenvalue weighted by molar-refractivity contribution is 6.39. The monoisotopic (exact) mass is 151 g/mol. The molecule has 3 heteroatoms. The smallest absolute Gasteiger partial charge is 0.117 e. The van der Waals surface area contributed by atoms with E-state index in [1.165, 1.54) is 0 Å². The Hall–Kier alpha value is 0.120. The molecule has 1 aliphatic rings. The molecule has 1 nitrogen and oxygen atoms in total. The lowest BCUT2D eigenvalue weighted by atomic mass is 10.3. The van der Waals surface area contributed by atoms with Crippen molar-refractivity contribution in [3.8, 4) is 0 Å². The van der Waals surface area contributed by atoms with Crippen molar-refractivity contribution in [1.82, 2.24) is 5.32 Å². The molecule has 0 saturated carbocycles. The van der Waals surface area contributed by atoms with Gasteiger partial charge in [-0.25, -0.2) is 0 Å². The molecule has 1 N–H and O–H groups in total. The molecule has 0 aliphatic carbocycles. The standard InChI is InChI=1S/C5H7Cl2N/c1-3-2-4(6)5(7)8-3/h3,8H,2H2,1H3. The maximum atomic E-state index is 5.64. The molecule has 0 saturated heterocycles. The van der Waals surface area contributed by atoms with Crippen LogP contribution in [-0.2, 0) is 0 Å². The van der Waals surface area contributed by atoms with Crippen LogP contribution in [0.3, 0.4) is 0 Å². The molecule has 0 bridgehead atoms. The zero-order chi connectivity index (χ0) is 6.15. The molecule has 46 valence electrons. The lowest BCUT2D eigenvalue weighted by Crippen LogP contribution is -2.15. The summed E-state index contributed by atoms with van der Waals surface area (Å²) in [6.45, 7) is 2.04. The Bertz CT molecular complexity index is 116. The highest BCUT2D eigenvalue weighted by Crippen LogP contribution is 2.23. The topological polar surface area (TPSA) is 12.0 Å². The van der Waals surface area contributed by atoms with Crippen molar-refractivity contribution in [1.29, 1.82) is 0 Å². The van der Waals surface area contributed by atoms with E-state index in [0.717, 1.165) is 11.5 Å². The minimum Gasteiger partial charge on any atom is -0.372 e. The fourth-order valence-corrected chi connectivity index (χ4v) is 1.25. The highest BCUT2D eigenvalue weighted by atomic mass is 35.5. The van der Waals surface area contributed by atoms with Gasteiger partial charge in [0.25, 0.3) is 0 Å². The van der Waals surface area contributed by atoms with E-state index in [9.17, 15) is 0 Å². The zero-order valence-electron chi connectivity index (χ0n) is 4.54. The van der Waals surface area contributed by atoms with Crippen LogP contribution in [0, 0.1) is 0 Å². The van der Waals surface area contributed by atoms with Crippen LogP contribution in [0.5, 0.6) is 0 Å². The first-order valence-electron chi connectivity index (χ1n) is 2.51. The summed E-state index contributed by atoms with van der Waals surface area (Å²) in [4.78, 5) is 0. The quantitative estimate of drug-likeness (QED) is 0.523. The Labute approximate surface area is 58.7 Å². The first kappa shape index (κ1) is 6.24. The lowest BCUT2D eigenvalue weighted by Gasteiger charge is -1.99. The van der Waals surface area contributed by atoms with Gasteiger partial charge in [0.2, 0.25) is 0 Å². The van der Waals surface area contributed by atoms with Crippen LogP contribution >= 0.6 is 23.2 Å². The highest BCUT2D eigenvalue weighted by Gasteiger charge is 2.15. The van der Waals surface area contributed by atoms with Crippen LogP contribution in [-0.4, -0.2) is 6.04 Å². The predicted octanol–water partition coefficient (Wildman–Crippen LogP) is 2.01. The summed E-state index contributed by atoms with van der Waals surface area (Å²) in [5.74, 6) is 0. The third-order valence-corrected chi connectivity index (χ3v) is 1.87. The van der Waals surface area contributed by atoms with E-state index in [1.54, 1.807) is 0 Å². The molecule has 0 amide bonds. The largest absolute Gasteiger partial charge is 0.372 e. The summed E-state index contributed by atoms with van der Waals surface area (Å²) in [5.41, 5.74) is 0. The Morgan fingerprint density at radius 2 is 2.25 bits per heavy atom. The van der Waals surface area contributed by atoms with Gasteiger partial charge in [0.15, 0.2) is 0 Å². The maximum absolute atomic E-state index is 5.64. The van der Waals surface area contributed by atoms with E-state index >= 15 is 0 Å². The van der Waals surface area contributed by atoms with Gasteiger partial charge in [-0.05, 0) is 6.92 Å². The van der Waals surface area contributed by atoms with Crippen LogP contribution in [0.4, 0.5) is 0 Å². The van der Waals surface area contributed by atoms with Crippen molar-refractivity contribution in [2.24, 2.45) is 0 Å². The second kappa shape index (κ2) is 2.16. The fourth-order valence-electron chi connectivity index (χ4n) is 0.704. The van der Waals surface area contributed by atoms with Gasteiger partial charge < -0.3 is 5.32 Å². The molecular weight excluding hydrogens is 145 g/mol. The molecule has 1 unspecified atom stereocenters. The summed E-state index contributed by atoms with van der Waals surface area (Å²) in [7, 11) is 0. The Kier molecular flexibility index (Phi) is 1.68. The van der Waals surface area contributed by atoms with Crippen LogP contribution in [0.2, 0.25) is 0 Å². The summed E-state index contributed by atoms with van der Waals surface area (Å²) in [5, 5.41) is 4.34. The lowest BCUT2D eigenvalue weighted by molar-refractivity contribution is 0.683. The van der Waals surface area contributed by atoms with Gasteiger partial charge in [-0.15, -0.1) is 0 Å². The molecule has 0 aromatic rings. The van der Waals surface area contributed by atoms with Gasteiger partial charge >= 0.3 is 0 Å². The number of hydrogen-bond donors (Lipinski definition) is 1. The number of rotatable bonds is 0. The average molecular weight is 152 g/mol.